The topological polar surface area (TPSA) is 70.0 Å². The lowest BCUT2D eigenvalue weighted by Crippen LogP contribution is -2.26. The molecule has 5 heteroatoms. The maximum atomic E-state index is 12.0. The number of nitrogens with zero attached hydrogens (tertiary/aromatic N) is 1. The summed E-state index contributed by atoms with van der Waals surface area (Å²) in [5.74, 6) is -0.0439. The molecule has 4 nitrogen and oxygen atoms in total. The molecule has 1 aromatic carbocycles. The van der Waals surface area contributed by atoms with E-state index < -0.39 is 10.0 Å². The van der Waals surface area contributed by atoms with Gasteiger partial charge in [0.25, 0.3) is 0 Å². The summed E-state index contributed by atoms with van der Waals surface area (Å²) in [5, 5.41) is 8.72. The summed E-state index contributed by atoms with van der Waals surface area (Å²) in [6, 6.07) is 8.65. The van der Waals surface area contributed by atoms with Crippen LogP contribution in [-0.4, -0.2) is 15.0 Å². The van der Waals surface area contributed by atoms with Crippen LogP contribution >= 0.6 is 0 Å². The average molecular weight is 304 g/mol. The van der Waals surface area contributed by atoms with E-state index in [0.717, 1.165) is 19.3 Å². The minimum atomic E-state index is -3.32. The second-order valence-electron chi connectivity index (χ2n) is 5.32. The fourth-order valence-corrected chi connectivity index (χ4v) is 3.59. The van der Waals surface area contributed by atoms with Crippen molar-refractivity contribution in [2.75, 3.05) is 6.54 Å². The molecule has 112 valence electrons. The number of benzene rings is 1. The van der Waals surface area contributed by atoms with Crippen molar-refractivity contribution in [3.05, 3.63) is 47.0 Å². The molecule has 1 aromatic rings. The third-order valence-electron chi connectivity index (χ3n) is 3.59. The summed E-state index contributed by atoms with van der Waals surface area (Å²) >= 11 is 0. The summed E-state index contributed by atoms with van der Waals surface area (Å²) in [6.45, 7) is 0.463. The third-order valence-corrected chi connectivity index (χ3v) is 4.95. The van der Waals surface area contributed by atoms with E-state index in [9.17, 15) is 8.42 Å². The van der Waals surface area contributed by atoms with Crippen molar-refractivity contribution in [3.8, 4) is 6.07 Å². The van der Waals surface area contributed by atoms with Crippen LogP contribution in [0.15, 0.2) is 35.9 Å². The van der Waals surface area contributed by atoms with Gasteiger partial charge in [0.05, 0.1) is 17.4 Å². The standard InChI is InChI=1S/C16H20N2O2S/c17-12-15-6-8-16(9-7-15)13-21(19,20)18-11-10-14-4-2-1-3-5-14/h4,6-9,18H,1-3,5,10-11,13H2. The first-order valence-electron chi connectivity index (χ1n) is 7.23. The van der Waals surface area contributed by atoms with E-state index >= 15 is 0 Å². The van der Waals surface area contributed by atoms with Crippen LogP contribution in [-0.2, 0) is 15.8 Å². The maximum Gasteiger partial charge on any atom is 0.215 e. The minimum absolute atomic E-state index is 0.0439. The highest BCUT2D eigenvalue weighted by Crippen LogP contribution is 2.19. The highest BCUT2D eigenvalue weighted by molar-refractivity contribution is 7.88. The lowest BCUT2D eigenvalue weighted by atomic mass is 9.97. The van der Waals surface area contributed by atoms with Gasteiger partial charge in [-0.1, -0.05) is 23.8 Å². The molecule has 0 amide bonds. The van der Waals surface area contributed by atoms with Crippen LogP contribution in [0.5, 0.6) is 0 Å². The summed E-state index contributed by atoms with van der Waals surface area (Å²) in [7, 11) is -3.32. The van der Waals surface area contributed by atoms with Crippen molar-refractivity contribution < 1.29 is 8.42 Å². The van der Waals surface area contributed by atoms with Gasteiger partial charge < -0.3 is 0 Å². The van der Waals surface area contributed by atoms with Gasteiger partial charge in [-0.05, 0) is 49.8 Å². The molecule has 1 aliphatic carbocycles. The fraction of sp³-hybridized carbons (Fsp3) is 0.438. The molecule has 0 bridgehead atoms. The zero-order valence-electron chi connectivity index (χ0n) is 12.0. The summed E-state index contributed by atoms with van der Waals surface area (Å²) < 4.78 is 26.7. The van der Waals surface area contributed by atoms with Gasteiger partial charge in [-0.25, -0.2) is 13.1 Å². The number of nitrogens with one attached hydrogen (secondary N) is 1. The van der Waals surface area contributed by atoms with Gasteiger partial charge in [0.15, 0.2) is 0 Å². The van der Waals surface area contributed by atoms with Crippen molar-refractivity contribution in [1.29, 1.82) is 5.26 Å². The van der Waals surface area contributed by atoms with Crippen LogP contribution < -0.4 is 4.72 Å². The first kappa shape index (κ1) is 15.7. The molecule has 2 rings (SSSR count). The Morgan fingerprint density at radius 3 is 2.57 bits per heavy atom. The highest BCUT2D eigenvalue weighted by atomic mass is 32.2. The van der Waals surface area contributed by atoms with Crippen LogP contribution in [0.3, 0.4) is 0 Å². The Labute approximate surface area is 126 Å². The molecule has 0 fully saturated rings. The number of hydrogen-bond donors (Lipinski definition) is 1. The number of rotatable bonds is 6. The fourth-order valence-electron chi connectivity index (χ4n) is 2.44. The van der Waals surface area contributed by atoms with Gasteiger partial charge in [-0.3, -0.25) is 0 Å². The van der Waals surface area contributed by atoms with Crippen molar-refractivity contribution in [3.63, 3.8) is 0 Å². The molecule has 1 N–H and O–H groups in total. The first-order chi connectivity index (χ1) is 10.1. The van der Waals surface area contributed by atoms with E-state index in [4.69, 9.17) is 5.26 Å². The van der Waals surface area contributed by atoms with Crippen LogP contribution in [0.25, 0.3) is 0 Å². The Kier molecular flexibility index (Phi) is 5.54. The largest absolute Gasteiger partial charge is 0.215 e. The van der Waals surface area contributed by atoms with E-state index in [1.54, 1.807) is 24.3 Å². The second kappa shape index (κ2) is 7.39. The normalized spacial score (nSPS) is 15.3. The zero-order valence-corrected chi connectivity index (χ0v) is 12.8. The maximum absolute atomic E-state index is 12.0. The van der Waals surface area contributed by atoms with Crippen LogP contribution in [0.2, 0.25) is 0 Å². The summed E-state index contributed by atoms with van der Waals surface area (Å²) in [4.78, 5) is 0. The molecule has 0 aliphatic heterocycles. The zero-order chi connectivity index (χ0) is 15.1. The smallest absolute Gasteiger partial charge is 0.215 e. The summed E-state index contributed by atoms with van der Waals surface area (Å²) in [5.41, 5.74) is 2.59. The molecular formula is C16H20N2O2S. The molecule has 0 saturated carbocycles. The van der Waals surface area contributed by atoms with E-state index in [2.05, 4.69) is 10.8 Å². The molecule has 21 heavy (non-hydrogen) atoms. The molecule has 0 saturated heterocycles. The van der Waals surface area contributed by atoms with E-state index in [0.29, 0.717) is 17.7 Å². The Hall–Kier alpha value is -1.64. The molecular weight excluding hydrogens is 284 g/mol. The Bertz CT molecular complexity index is 640. The predicted octanol–water partition coefficient (Wildman–Crippen LogP) is 2.87. The molecule has 0 aromatic heterocycles. The van der Waals surface area contributed by atoms with Crippen LogP contribution in [0.1, 0.15) is 43.2 Å². The van der Waals surface area contributed by atoms with Gasteiger partial charge in [-0.2, -0.15) is 5.26 Å². The van der Waals surface area contributed by atoms with Crippen molar-refractivity contribution in [2.45, 2.75) is 37.9 Å². The van der Waals surface area contributed by atoms with Crippen molar-refractivity contribution >= 4 is 10.0 Å². The molecule has 0 radical (unpaired) electrons. The Morgan fingerprint density at radius 1 is 1.19 bits per heavy atom. The summed E-state index contributed by atoms with van der Waals surface area (Å²) in [6.07, 6.45) is 7.70. The highest BCUT2D eigenvalue weighted by Gasteiger charge is 2.12. The SMILES string of the molecule is N#Cc1ccc(CS(=O)(=O)NCCC2=CCCCC2)cc1. The molecule has 0 unspecified atom stereocenters. The molecule has 0 spiro atoms. The van der Waals surface area contributed by atoms with Gasteiger partial charge in [-0.15, -0.1) is 0 Å². The molecule has 0 atom stereocenters. The molecule has 0 heterocycles. The quantitative estimate of drug-likeness (QED) is 0.822. The molecule has 1 aliphatic rings. The Morgan fingerprint density at radius 2 is 1.95 bits per heavy atom. The number of nitriles is 1. The van der Waals surface area contributed by atoms with Crippen molar-refractivity contribution in [1.82, 2.24) is 4.72 Å². The number of allylic oxidation sites excluding steroid dienone is 1. The van der Waals surface area contributed by atoms with Gasteiger partial charge >= 0.3 is 0 Å². The van der Waals surface area contributed by atoms with Crippen molar-refractivity contribution in [2.24, 2.45) is 0 Å². The number of hydrogen-bond acceptors (Lipinski definition) is 3. The van der Waals surface area contributed by atoms with Crippen LogP contribution in [0.4, 0.5) is 0 Å². The van der Waals surface area contributed by atoms with E-state index in [1.165, 1.54) is 18.4 Å². The third kappa shape index (κ3) is 5.33. The van der Waals surface area contributed by atoms with Crippen LogP contribution in [0, 0.1) is 11.3 Å². The average Bonchev–Trinajstić information content (AvgIpc) is 2.48. The first-order valence-corrected chi connectivity index (χ1v) is 8.88. The Balaban J connectivity index is 1.83. The second-order valence-corrected chi connectivity index (χ2v) is 7.13. The lowest BCUT2D eigenvalue weighted by Gasteiger charge is -2.13. The minimum Gasteiger partial charge on any atom is -0.215 e. The predicted molar refractivity (Wildman–Crippen MR) is 83.0 cm³/mol. The lowest BCUT2D eigenvalue weighted by molar-refractivity contribution is 0.578. The van der Waals surface area contributed by atoms with Gasteiger partial charge in [0.2, 0.25) is 10.0 Å². The van der Waals surface area contributed by atoms with E-state index in [1.807, 2.05) is 6.07 Å². The van der Waals surface area contributed by atoms with Gasteiger partial charge in [0.1, 0.15) is 0 Å². The van der Waals surface area contributed by atoms with E-state index in [-0.39, 0.29) is 5.75 Å². The monoisotopic (exact) mass is 304 g/mol. The number of sulfonamides is 1. The van der Waals surface area contributed by atoms with Gasteiger partial charge in [0, 0.05) is 6.54 Å².